The van der Waals surface area contributed by atoms with E-state index >= 15 is 0 Å². The Morgan fingerprint density at radius 3 is 2.31 bits per heavy atom. The molecule has 1 aliphatic rings. The Morgan fingerprint density at radius 2 is 1.88 bits per heavy atom. The van der Waals surface area contributed by atoms with Gasteiger partial charge >= 0.3 is 5.97 Å². The lowest BCUT2D eigenvalue weighted by atomic mass is 9.92. The van der Waals surface area contributed by atoms with Crippen molar-refractivity contribution in [2.75, 3.05) is 26.7 Å². The van der Waals surface area contributed by atoms with Crippen LogP contribution in [0.2, 0.25) is 0 Å². The highest BCUT2D eigenvalue weighted by Gasteiger charge is 2.33. The van der Waals surface area contributed by atoms with Crippen LogP contribution in [0, 0.1) is 5.41 Å². The normalized spacial score (nSPS) is 27.8. The highest BCUT2D eigenvalue weighted by molar-refractivity contribution is 5.76. The molecule has 94 valence electrons. The third kappa shape index (κ3) is 3.46. The zero-order valence-corrected chi connectivity index (χ0v) is 11.0. The fraction of sp³-hybridized carbons (Fsp3) is 0.917. The Bertz CT molecular complexity index is 243. The average molecular weight is 228 g/mol. The van der Waals surface area contributed by atoms with E-state index in [4.69, 9.17) is 4.74 Å². The van der Waals surface area contributed by atoms with E-state index in [-0.39, 0.29) is 5.97 Å². The first-order chi connectivity index (χ1) is 7.35. The Morgan fingerprint density at radius 1 is 1.38 bits per heavy atom. The first kappa shape index (κ1) is 13.5. The van der Waals surface area contributed by atoms with Gasteiger partial charge in [0.2, 0.25) is 0 Å². The van der Waals surface area contributed by atoms with Gasteiger partial charge in [-0.15, -0.1) is 0 Å². The molecule has 1 aliphatic heterocycles. The maximum atomic E-state index is 11.6. The van der Waals surface area contributed by atoms with Crippen LogP contribution in [0.5, 0.6) is 0 Å². The Hall–Kier alpha value is -0.610. The van der Waals surface area contributed by atoms with Crippen LogP contribution in [0.15, 0.2) is 0 Å². The molecule has 1 heterocycles. The lowest BCUT2D eigenvalue weighted by Gasteiger charge is -2.39. The highest BCUT2D eigenvalue weighted by Crippen LogP contribution is 2.20. The van der Waals surface area contributed by atoms with E-state index in [2.05, 4.69) is 24.1 Å². The van der Waals surface area contributed by atoms with Crippen molar-refractivity contribution in [3.63, 3.8) is 0 Å². The van der Waals surface area contributed by atoms with Crippen molar-refractivity contribution >= 4 is 5.97 Å². The van der Waals surface area contributed by atoms with E-state index in [0.29, 0.717) is 12.1 Å². The summed E-state index contributed by atoms with van der Waals surface area (Å²) in [6, 6.07) is 0.967. The fourth-order valence-electron chi connectivity index (χ4n) is 2.47. The van der Waals surface area contributed by atoms with Gasteiger partial charge < -0.3 is 10.1 Å². The van der Waals surface area contributed by atoms with Crippen LogP contribution < -0.4 is 5.32 Å². The van der Waals surface area contributed by atoms with Gasteiger partial charge in [0.25, 0.3) is 0 Å². The average Bonchev–Trinajstić information content (AvgIpc) is 2.13. The summed E-state index contributed by atoms with van der Waals surface area (Å²) in [6.07, 6.45) is 0. The van der Waals surface area contributed by atoms with Gasteiger partial charge in [-0.3, -0.25) is 9.69 Å². The first-order valence-electron chi connectivity index (χ1n) is 5.92. The molecule has 1 N–H and O–H groups in total. The molecule has 4 nitrogen and oxygen atoms in total. The molecule has 1 saturated heterocycles. The molecule has 2 atom stereocenters. The summed E-state index contributed by atoms with van der Waals surface area (Å²) in [5.41, 5.74) is -0.425. The predicted octanol–water partition coefficient (Wildman–Crippen LogP) is 0.868. The molecule has 0 saturated carbocycles. The molecular weight excluding hydrogens is 204 g/mol. The standard InChI is InChI=1S/C12H24N2O2/c1-9-6-14(7-10(2)13-9)8-12(3,4)11(15)16-5/h9-10,13H,6-8H2,1-5H3. The van der Waals surface area contributed by atoms with E-state index in [9.17, 15) is 4.79 Å². The third-order valence-corrected chi connectivity index (χ3v) is 2.99. The number of carbonyl (C=O) groups excluding carboxylic acids is 1. The van der Waals surface area contributed by atoms with E-state index < -0.39 is 5.41 Å². The van der Waals surface area contributed by atoms with Crippen molar-refractivity contribution in [2.24, 2.45) is 5.41 Å². The molecule has 2 unspecified atom stereocenters. The van der Waals surface area contributed by atoms with Crippen molar-refractivity contribution in [3.05, 3.63) is 0 Å². The van der Waals surface area contributed by atoms with E-state index in [1.165, 1.54) is 7.11 Å². The van der Waals surface area contributed by atoms with Crippen molar-refractivity contribution in [2.45, 2.75) is 39.8 Å². The summed E-state index contributed by atoms with van der Waals surface area (Å²) >= 11 is 0. The lowest BCUT2D eigenvalue weighted by molar-refractivity contribution is -0.152. The molecule has 0 aliphatic carbocycles. The molecule has 16 heavy (non-hydrogen) atoms. The topological polar surface area (TPSA) is 41.6 Å². The van der Waals surface area contributed by atoms with Crippen LogP contribution in [0.25, 0.3) is 0 Å². The predicted molar refractivity (Wildman–Crippen MR) is 64.3 cm³/mol. The number of hydrogen-bond acceptors (Lipinski definition) is 4. The van der Waals surface area contributed by atoms with Crippen LogP contribution >= 0.6 is 0 Å². The monoisotopic (exact) mass is 228 g/mol. The molecule has 0 bridgehead atoms. The zero-order chi connectivity index (χ0) is 12.3. The van der Waals surface area contributed by atoms with Crippen molar-refractivity contribution in [1.29, 1.82) is 0 Å². The molecule has 0 aromatic carbocycles. The minimum Gasteiger partial charge on any atom is -0.469 e. The maximum absolute atomic E-state index is 11.6. The summed E-state index contributed by atoms with van der Waals surface area (Å²) in [6.45, 7) is 11.0. The smallest absolute Gasteiger partial charge is 0.312 e. The van der Waals surface area contributed by atoms with Crippen LogP contribution in [-0.4, -0.2) is 49.7 Å². The van der Waals surface area contributed by atoms with Gasteiger partial charge in [-0.1, -0.05) is 0 Å². The van der Waals surface area contributed by atoms with E-state index in [1.807, 2.05) is 13.8 Å². The lowest BCUT2D eigenvalue weighted by Crippen LogP contribution is -2.56. The second-order valence-electron chi connectivity index (χ2n) is 5.54. The molecule has 1 rings (SSSR count). The number of carbonyl (C=O) groups is 1. The second-order valence-corrected chi connectivity index (χ2v) is 5.54. The van der Waals surface area contributed by atoms with Crippen molar-refractivity contribution < 1.29 is 9.53 Å². The molecule has 0 spiro atoms. The molecule has 0 amide bonds. The number of piperazine rings is 1. The summed E-state index contributed by atoms with van der Waals surface area (Å²) < 4.78 is 4.83. The number of hydrogen-bond donors (Lipinski definition) is 1. The molecular formula is C12H24N2O2. The molecule has 0 radical (unpaired) electrons. The molecule has 4 heteroatoms. The van der Waals surface area contributed by atoms with Gasteiger partial charge in [-0.2, -0.15) is 0 Å². The summed E-state index contributed by atoms with van der Waals surface area (Å²) in [5, 5.41) is 3.48. The number of esters is 1. The summed E-state index contributed by atoms with van der Waals surface area (Å²) in [7, 11) is 1.45. The van der Waals surface area contributed by atoms with E-state index in [0.717, 1.165) is 19.6 Å². The largest absolute Gasteiger partial charge is 0.469 e. The van der Waals surface area contributed by atoms with Gasteiger partial charge in [0.1, 0.15) is 0 Å². The number of nitrogens with one attached hydrogen (secondary N) is 1. The van der Waals surface area contributed by atoms with Crippen LogP contribution in [0.3, 0.4) is 0 Å². The van der Waals surface area contributed by atoms with Crippen LogP contribution in [-0.2, 0) is 9.53 Å². The van der Waals surface area contributed by atoms with Gasteiger partial charge in [0, 0.05) is 31.7 Å². The zero-order valence-electron chi connectivity index (χ0n) is 11.0. The van der Waals surface area contributed by atoms with Gasteiger partial charge in [-0.05, 0) is 27.7 Å². The SMILES string of the molecule is COC(=O)C(C)(C)CN1CC(C)NC(C)C1. The third-order valence-electron chi connectivity index (χ3n) is 2.99. The second kappa shape index (κ2) is 5.15. The first-order valence-corrected chi connectivity index (χ1v) is 5.92. The number of nitrogens with zero attached hydrogens (tertiary/aromatic N) is 1. The van der Waals surface area contributed by atoms with Crippen molar-refractivity contribution in [1.82, 2.24) is 10.2 Å². The number of rotatable bonds is 3. The summed E-state index contributed by atoms with van der Waals surface area (Å²) in [4.78, 5) is 13.9. The van der Waals surface area contributed by atoms with Crippen LogP contribution in [0.1, 0.15) is 27.7 Å². The fourth-order valence-corrected chi connectivity index (χ4v) is 2.47. The van der Waals surface area contributed by atoms with Gasteiger partial charge in [0.15, 0.2) is 0 Å². The Balaban J connectivity index is 2.56. The van der Waals surface area contributed by atoms with Crippen LogP contribution in [0.4, 0.5) is 0 Å². The number of ether oxygens (including phenoxy) is 1. The Kier molecular flexibility index (Phi) is 4.33. The minimum absolute atomic E-state index is 0.133. The summed E-state index contributed by atoms with van der Waals surface area (Å²) in [5.74, 6) is -0.133. The van der Waals surface area contributed by atoms with Gasteiger partial charge in [-0.25, -0.2) is 0 Å². The number of methoxy groups -OCH3 is 1. The quantitative estimate of drug-likeness (QED) is 0.728. The van der Waals surface area contributed by atoms with Gasteiger partial charge in [0.05, 0.1) is 12.5 Å². The van der Waals surface area contributed by atoms with E-state index in [1.54, 1.807) is 0 Å². The molecule has 0 aromatic rings. The molecule has 1 fully saturated rings. The maximum Gasteiger partial charge on any atom is 0.312 e. The minimum atomic E-state index is -0.425. The Labute approximate surface area is 98.3 Å². The van der Waals surface area contributed by atoms with Crippen molar-refractivity contribution in [3.8, 4) is 0 Å². The molecule has 0 aromatic heterocycles. The highest BCUT2D eigenvalue weighted by atomic mass is 16.5.